The van der Waals surface area contributed by atoms with Crippen LogP contribution in [0.5, 0.6) is 0 Å². The molecule has 2 N–H and O–H groups in total. The van der Waals surface area contributed by atoms with Crippen molar-refractivity contribution in [3.63, 3.8) is 0 Å². The van der Waals surface area contributed by atoms with Crippen molar-refractivity contribution in [3.8, 4) is 0 Å². The molecule has 1 aromatic carbocycles. The maximum absolute atomic E-state index is 6.14. The Morgan fingerprint density at radius 3 is 2.71 bits per heavy atom. The highest BCUT2D eigenvalue weighted by atomic mass is 35.5. The fourth-order valence-corrected chi connectivity index (χ4v) is 3.99. The molecule has 0 amide bonds. The molecule has 116 valence electrons. The smallest absolute Gasteiger partial charge is 0.171 e. The van der Waals surface area contributed by atoms with Crippen LogP contribution in [0.25, 0.3) is 0 Å². The first-order chi connectivity index (χ1) is 9.77. The summed E-state index contributed by atoms with van der Waals surface area (Å²) < 4.78 is 0. The zero-order chi connectivity index (χ0) is 15.6. The summed E-state index contributed by atoms with van der Waals surface area (Å²) in [4.78, 5) is 0. The second-order valence-electron chi connectivity index (χ2n) is 7.12. The normalized spacial score (nSPS) is 24.4. The van der Waals surface area contributed by atoms with Crippen LogP contribution in [0.4, 0.5) is 5.69 Å². The van der Waals surface area contributed by atoms with Gasteiger partial charge in [-0.25, -0.2) is 0 Å². The molecule has 0 bridgehead atoms. The fourth-order valence-electron chi connectivity index (χ4n) is 3.54. The van der Waals surface area contributed by atoms with Gasteiger partial charge in [-0.15, -0.1) is 0 Å². The second-order valence-corrected chi connectivity index (χ2v) is 7.94. The van der Waals surface area contributed by atoms with Gasteiger partial charge in [0.2, 0.25) is 0 Å². The van der Waals surface area contributed by atoms with Crippen LogP contribution >= 0.6 is 23.8 Å². The standard InChI is InChI=1S/C17H25ClN2S/c1-11-8-13(10-17(3,4)9-11)19-16(21)20-15-7-5-6-14(18)12(15)2/h5-7,11,13H,8-10H2,1-4H3,(H2,19,20,21). The van der Waals surface area contributed by atoms with Crippen LogP contribution in [-0.2, 0) is 0 Å². The van der Waals surface area contributed by atoms with Crippen LogP contribution in [0.15, 0.2) is 18.2 Å². The van der Waals surface area contributed by atoms with E-state index in [-0.39, 0.29) is 0 Å². The van der Waals surface area contributed by atoms with E-state index < -0.39 is 0 Å². The van der Waals surface area contributed by atoms with Crippen LogP contribution in [0.3, 0.4) is 0 Å². The van der Waals surface area contributed by atoms with E-state index in [1.807, 2.05) is 25.1 Å². The number of rotatable bonds is 2. The van der Waals surface area contributed by atoms with Gasteiger partial charge >= 0.3 is 0 Å². The lowest BCUT2D eigenvalue weighted by molar-refractivity contribution is 0.162. The molecule has 1 aliphatic rings. The van der Waals surface area contributed by atoms with Crippen molar-refractivity contribution in [2.24, 2.45) is 11.3 Å². The van der Waals surface area contributed by atoms with Crippen molar-refractivity contribution in [2.45, 2.75) is 53.0 Å². The molecule has 21 heavy (non-hydrogen) atoms. The van der Waals surface area contributed by atoms with Crippen molar-refractivity contribution in [3.05, 3.63) is 28.8 Å². The zero-order valence-electron chi connectivity index (χ0n) is 13.3. The monoisotopic (exact) mass is 324 g/mol. The number of anilines is 1. The zero-order valence-corrected chi connectivity index (χ0v) is 14.9. The molecule has 2 unspecified atom stereocenters. The Labute approximate surface area is 138 Å². The van der Waals surface area contributed by atoms with Crippen LogP contribution in [-0.4, -0.2) is 11.2 Å². The third-order valence-corrected chi connectivity index (χ3v) is 4.87. The third kappa shape index (κ3) is 4.58. The lowest BCUT2D eigenvalue weighted by atomic mass is 9.71. The molecule has 2 nitrogen and oxygen atoms in total. The molecule has 1 aliphatic carbocycles. The molecular weight excluding hydrogens is 300 g/mol. The Bertz CT molecular complexity index is 528. The number of nitrogens with one attached hydrogen (secondary N) is 2. The molecular formula is C17H25ClN2S. The van der Waals surface area contributed by atoms with Gasteiger partial charge in [0.05, 0.1) is 0 Å². The average molecular weight is 325 g/mol. The van der Waals surface area contributed by atoms with Gasteiger partial charge in [-0.3, -0.25) is 0 Å². The summed E-state index contributed by atoms with van der Waals surface area (Å²) in [6.07, 6.45) is 3.63. The largest absolute Gasteiger partial charge is 0.360 e. The maximum atomic E-state index is 6.14. The van der Waals surface area contributed by atoms with Gasteiger partial charge in [0.15, 0.2) is 5.11 Å². The average Bonchev–Trinajstić information content (AvgIpc) is 2.32. The van der Waals surface area contributed by atoms with Gasteiger partial charge < -0.3 is 10.6 Å². The molecule has 0 aliphatic heterocycles. The third-order valence-electron chi connectivity index (χ3n) is 4.24. The lowest BCUT2D eigenvalue weighted by Crippen LogP contribution is -2.44. The molecule has 0 heterocycles. The molecule has 1 aromatic rings. The quantitative estimate of drug-likeness (QED) is 0.736. The Kier molecular flexibility index (Phi) is 5.15. The van der Waals surface area contributed by atoms with E-state index in [4.69, 9.17) is 23.8 Å². The molecule has 0 saturated heterocycles. The molecule has 0 radical (unpaired) electrons. The van der Waals surface area contributed by atoms with Gasteiger partial charge in [-0.05, 0) is 67.4 Å². The summed E-state index contributed by atoms with van der Waals surface area (Å²) in [6.45, 7) is 9.01. The molecule has 2 rings (SSSR count). The van der Waals surface area contributed by atoms with Gasteiger partial charge in [0.25, 0.3) is 0 Å². The number of benzene rings is 1. The summed E-state index contributed by atoms with van der Waals surface area (Å²) in [5.74, 6) is 0.738. The Hall–Kier alpha value is -0.800. The molecule has 1 saturated carbocycles. The van der Waals surface area contributed by atoms with Crippen molar-refractivity contribution in [2.75, 3.05) is 5.32 Å². The minimum Gasteiger partial charge on any atom is -0.360 e. The van der Waals surface area contributed by atoms with Crippen LogP contribution < -0.4 is 10.6 Å². The summed E-state index contributed by atoms with van der Waals surface area (Å²) in [5.41, 5.74) is 2.39. The highest BCUT2D eigenvalue weighted by Crippen LogP contribution is 2.38. The van der Waals surface area contributed by atoms with Gasteiger partial charge in [0, 0.05) is 16.8 Å². The second kappa shape index (κ2) is 6.53. The van der Waals surface area contributed by atoms with E-state index in [1.54, 1.807) is 0 Å². The summed E-state index contributed by atoms with van der Waals surface area (Å²) >= 11 is 11.6. The topological polar surface area (TPSA) is 24.1 Å². The first-order valence-corrected chi connectivity index (χ1v) is 8.38. The highest BCUT2D eigenvalue weighted by molar-refractivity contribution is 7.80. The first kappa shape index (κ1) is 16.6. The maximum Gasteiger partial charge on any atom is 0.171 e. The number of hydrogen-bond donors (Lipinski definition) is 2. The highest BCUT2D eigenvalue weighted by Gasteiger charge is 2.32. The fraction of sp³-hybridized carbons (Fsp3) is 0.588. The number of hydrogen-bond acceptors (Lipinski definition) is 1. The summed E-state index contributed by atoms with van der Waals surface area (Å²) in [6, 6.07) is 6.28. The van der Waals surface area contributed by atoms with Crippen molar-refractivity contribution in [1.29, 1.82) is 0 Å². The molecule has 1 fully saturated rings. The van der Waals surface area contributed by atoms with Gasteiger partial charge in [0.1, 0.15) is 0 Å². The molecule has 0 aromatic heterocycles. The lowest BCUT2D eigenvalue weighted by Gasteiger charge is -2.39. The summed E-state index contributed by atoms with van der Waals surface area (Å²) in [7, 11) is 0. The van der Waals surface area contributed by atoms with E-state index in [1.165, 1.54) is 12.8 Å². The number of halogens is 1. The minimum atomic E-state index is 0.386. The Morgan fingerprint density at radius 1 is 1.33 bits per heavy atom. The number of thiocarbonyl (C=S) groups is 1. The minimum absolute atomic E-state index is 0.386. The van der Waals surface area contributed by atoms with Gasteiger partial charge in [-0.1, -0.05) is 38.4 Å². The Morgan fingerprint density at radius 2 is 2.05 bits per heavy atom. The van der Waals surface area contributed by atoms with Crippen LogP contribution in [0, 0.1) is 18.3 Å². The predicted octanol–water partition coefficient (Wildman–Crippen LogP) is 5.15. The SMILES string of the molecule is Cc1c(Cl)cccc1NC(=S)NC1CC(C)CC(C)(C)C1. The van der Waals surface area contributed by atoms with E-state index in [2.05, 4.69) is 31.4 Å². The van der Waals surface area contributed by atoms with Gasteiger partial charge in [-0.2, -0.15) is 0 Å². The van der Waals surface area contributed by atoms with Crippen LogP contribution in [0.2, 0.25) is 5.02 Å². The van der Waals surface area contributed by atoms with Crippen molar-refractivity contribution < 1.29 is 0 Å². The van der Waals surface area contributed by atoms with E-state index in [0.717, 1.165) is 28.6 Å². The first-order valence-electron chi connectivity index (χ1n) is 7.59. The van der Waals surface area contributed by atoms with E-state index in [0.29, 0.717) is 16.6 Å². The molecule has 4 heteroatoms. The molecule has 0 spiro atoms. The predicted molar refractivity (Wildman–Crippen MR) is 96.1 cm³/mol. The van der Waals surface area contributed by atoms with E-state index >= 15 is 0 Å². The Balaban J connectivity index is 1.97. The van der Waals surface area contributed by atoms with Crippen molar-refractivity contribution >= 4 is 34.6 Å². The van der Waals surface area contributed by atoms with E-state index in [9.17, 15) is 0 Å². The molecule has 2 atom stereocenters. The van der Waals surface area contributed by atoms with Crippen LogP contribution in [0.1, 0.15) is 45.6 Å². The van der Waals surface area contributed by atoms with Crippen molar-refractivity contribution in [1.82, 2.24) is 5.32 Å². The summed E-state index contributed by atoms with van der Waals surface area (Å²) in [5, 5.41) is 8.20.